The fourth-order valence-electron chi connectivity index (χ4n) is 3.59. The Morgan fingerprint density at radius 2 is 2.14 bits per heavy atom. The number of rotatable bonds is 3. The molecule has 5 heteroatoms. The molecule has 5 nitrogen and oxygen atoms in total. The number of carbonyl (C=O) groups excluding carboxylic acids is 2. The van der Waals surface area contributed by atoms with Crippen LogP contribution in [0.2, 0.25) is 0 Å². The summed E-state index contributed by atoms with van der Waals surface area (Å²) in [5.41, 5.74) is 0.700. The van der Waals surface area contributed by atoms with E-state index >= 15 is 0 Å². The molecule has 2 bridgehead atoms. The number of hydrogen-bond donors (Lipinski definition) is 0. The van der Waals surface area contributed by atoms with Crippen molar-refractivity contribution in [2.75, 3.05) is 19.6 Å². The van der Waals surface area contributed by atoms with Gasteiger partial charge in [-0.15, -0.1) is 0 Å². The topological polar surface area (TPSA) is 45.6 Å². The van der Waals surface area contributed by atoms with Crippen LogP contribution in [0.5, 0.6) is 0 Å². The monoisotopic (exact) mass is 289 g/mol. The molecule has 3 fully saturated rings. The van der Waals surface area contributed by atoms with Gasteiger partial charge in [-0.3, -0.25) is 9.59 Å². The van der Waals surface area contributed by atoms with E-state index in [1.807, 2.05) is 39.7 Å². The molecule has 3 aliphatic rings. The van der Waals surface area contributed by atoms with Crippen molar-refractivity contribution in [3.05, 3.63) is 24.0 Å². The smallest absolute Gasteiger partial charge is 0.270 e. The number of fused-ring (bicyclic) bond motifs is 4. The van der Waals surface area contributed by atoms with Gasteiger partial charge in [0.25, 0.3) is 5.91 Å². The van der Waals surface area contributed by atoms with Gasteiger partial charge in [0, 0.05) is 38.9 Å². The minimum atomic E-state index is -0.0143. The molecule has 0 aliphatic carbocycles. The van der Waals surface area contributed by atoms with E-state index in [0.29, 0.717) is 18.8 Å². The Balaban J connectivity index is 1.82. The first-order chi connectivity index (χ1) is 10.1. The lowest BCUT2D eigenvalue weighted by Crippen LogP contribution is -2.48. The van der Waals surface area contributed by atoms with Crippen molar-refractivity contribution in [3.63, 3.8) is 0 Å². The summed E-state index contributed by atoms with van der Waals surface area (Å²) >= 11 is 0. The molecule has 1 aromatic heterocycles. The number of carbonyl (C=O) groups is 2. The SMILES string of the molecule is CCCN1C(=O)[C@H]2CC[C@@H]1CN(C(=O)c1cccn1C)C2. The van der Waals surface area contributed by atoms with Crippen LogP contribution < -0.4 is 0 Å². The highest BCUT2D eigenvalue weighted by molar-refractivity contribution is 5.93. The molecule has 4 rings (SSSR count). The highest BCUT2D eigenvalue weighted by atomic mass is 16.2. The van der Waals surface area contributed by atoms with Gasteiger partial charge in [0.1, 0.15) is 5.69 Å². The molecule has 114 valence electrons. The van der Waals surface area contributed by atoms with Crippen molar-refractivity contribution in [2.24, 2.45) is 13.0 Å². The molecule has 2 amide bonds. The van der Waals surface area contributed by atoms with Crippen LogP contribution in [0.4, 0.5) is 0 Å². The largest absolute Gasteiger partial charge is 0.347 e. The molecule has 0 spiro atoms. The zero-order chi connectivity index (χ0) is 15.0. The fourth-order valence-corrected chi connectivity index (χ4v) is 3.59. The molecule has 21 heavy (non-hydrogen) atoms. The number of piperidine rings is 1. The molecular formula is C16H23N3O2. The zero-order valence-electron chi connectivity index (χ0n) is 12.8. The molecule has 0 aromatic carbocycles. The lowest BCUT2D eigenvalue weighted by molar-refractivity contribution is -0.139. The molecule has 1 aromatic rings. The predicted octanol–water partition coefficient (Wildman–Crippen LogP) is 1.50. The van der Waals surface area contributed by atoms with Crippen LogP contribution in [0.15, 0.2) is 18.3 Å². The van der Waals surface area contributed by atoms with Gasteiger partial charge >= 0.3 is 0 Å². The predicted molar refractivity (Wildman–Crippen MR) is 79.8 cm³/mol. The maximum absolute atomic E-state index is 12.7. The van der Waals surface area contributed by atoms with E-state index in [1.54, 1.807) is 0 Å². The number of amides is 2. The van der Waals surface area contributed by atoms with Crippen molar-refractivity contribution in [1.29, 1.82) is 0 Å². The maximum Gasteiger partial charge on any atom is 0.270 e. The third-order valence-electron chi connectivity index (χ3n) is 4.71. The highest BCUT2D eigenvalue weighted by Crippen LogP contribution is 2.29. The summed E-state index contributed by atoms with van der Waals surface area (Å²) in [5, 5.41) is 0. The summed E-state index contributed by atoms with van der Waals surface area (Å²) < 4.78 is 1.85. The first kappa shape index (κ1) is 14.2. The third kappa shape index (κ3) is 2.45. The van der Waals surface area contributed by atoms with Crippen LogP contribution in [-0.2, 0) is 11.8 Å². The Bertz CT molecular complexity index is 551. The Morgan fingerprint density at radius 1 is 1.33 bits per heavy atom. The molecule has 0 saturated carbocycles. The van der Waals surface area contributed by atoms with Gasteiger partial charge in [-0.25, -0.2) is 0 Å². The molecule has 2 atom stereocenters. The quantitative estimate of drug-likeness (QED) is 0.846. The van der Waals surface area contributed by atoms with E-state index in [4.69, 9.17) is 0 Å². The number of hydrogen-bond acceptors (Lipinski definition) is 2. The van der Waals surface area contributed by atoms with E-state index in [-0.39, 0.29) is 23.8 Å². The first-order valence-corrected chi connectivity index (χ1v) is 7.83. The lowest BCUT2D eigenvalue weighted by Gasteiger charge is -2.35. The minimum absolute atomic E-state index is 0.0143. The van der Waals surface area contributed by atoms with Crippen LogP contribution in [-0.4, -0.2) is 51.9 Å². The maximum atomic E-state index is 12.7. The molecule has 3 aliphatic heterocycles. The summed E-state index contributed by atoms with van der Waals surface area (Å²) in [6.07, 6.45) is 4.79. The average molecular weight is 289 g/mol. The van der Waals surface area contributed by atoms with Crippen LogP contribution in [0.3, 0.4) is 0 Å². The van der Waals surface area contributed by atoms with Crippen molar-refractivity contribution >= 4 is 11.8 Å². The van der Waals surface area contributed by atoms with Gasteiger partial charge < -0.3 is 14.4 Å². The van der Waals surface area contributed by atoms with Gasteiger partial charge in [-0.2, -0.15) is 0 Å². The van der Waals surface area contributed by atoms with E-state index in [0.717, 1.165) is 25.8 Å². The molecule has 3 saturated heterocycles. The number of aromatic nitrogens is 1. The fraction of sp³-hybridized carbons (Fsp3) is 0.625. The minimum Gasteiger partial charge on any atom is -0.347 e. The molecule has 4 heterocycles. The Hall–Kier alpha value is -1.78. The highest BCUT2D eigenvalue weighted by Gasteiger charge is 2.41. The average Bonchev–Trinajstić information content (AvgIpc) is 2.72. The summed E-state index contributed by atoms with van der Waals surface area (Å²) in [6, 6.07) is 3.93. The van der Waals surface area contributed by atoms with E-state index in [1.165, 1.54) is 0 Å². The normalized spacial score (nSPS) is 25.3. The summed E-state index contributed by atoms with van der Waals surface area (Å²) in [6.45, 7) is 4.15. The lowest BCUT2D eigenvalue weighted by atomic mass is 9.94. The van der Waals surface area contributed by atoms with Gasteiger partial charge in [0.05, 0.1) is 5.92 Å². The van der Waals surface area contributed by atoms with Gasteiger partial charge in [0.2, 0.25) is 5.91 Å². The Morgan fingerprint density at radius 3 is 2.81 bits per heavy atom. The third-order valence-corrected chi connectivity index (χ3v) is 4.71. The van der Waals surface area contributed by atoms with Crippen molar-refractivity contribution in [1.82, 2.24) is 14.4 Å². The zero-order valence-corrected chi connectivity index (χ0v) is 12.8. The molecule has 0 radical (unpaired) electrons. The number of aryl methyl sites for hydroxylation is 1. The van der Waals surface area contributed by atoms with Crippen LogP contribution in [0, 0.1) is 5.92 Å². The van der Waals surface area contributed by atoms with Gasteiger partial charge in [0.15, 0.2) is 0 Å². The standard InChI is InChI=1S/C16H23N3O2/c1-3-8-19-13-7-6-12(15(19)20)10-18(11-13)16(21)14-5-4-9-17(14)2/h4-5,9,12-13H,3,6-8,10-11H2,1-2H3/t12-,13+/m0/s1. The molecule has 0 unspecified atom stereocenters. The second-order valence-electron chi connectivity index (χ2n) is 6.17. The van der Waals surface area contributed by atoms with E-state index < -0.39 is 0 Å². The van der Waals surface area contributed by atoms with E-state index in [2.05, 4.69) is 6.92 Å². The van der Waals surface area contributed by atoms with Gasteiger partial charge in [-0.1, -0.05) is 6.92 Å². The summed E-state index contributed by atoms with van der Waals surface area (Å²) in [7, 11) is 1.88. The van der Waals surface area contributed by atoms with Crippen LogP contribution >= 0.6 is 0 Å². The molecular weight excluding hydrogens is 266 g/mol. The number of nitrogens with zero attached hydrogens (tertiary/aromatic N) is 3. The van der Waals surface area contributed by atoms with Crippen molar-refractivity contribution in [2.45, 2.75) is 32.2 Å². The summed E-state index contributed by atoms with van der Waals surface area (Å²) in [5.74, 6) is 0.278. The van der Waals surface area contributed by atoms with Crippen LogP contribution in [0.1, 0.15) is 36.7 Å². The second-order valence-corrected chi connectivity index (χ2v) is 6.17. The second kappa shape index (κ2) is 5.54. The van der Waals surface area contributed by atoms with Crippen molar-refractivity contribution in [3.8, 4) is 0 Å². The van der Waals surface area contributed by atoms with E-state index in [9.17, 15) is 9.59 Å². The first-order valence-electron chi connectivity index (χ1n) is 7.83. The summed E-state index contributed by atoms with van der Waals surface area (Å²) in [4.78, 5) is 29.1. The van der Waals surface area contributed by atoms with Crippen LogP contribution in [0.25, 0.3) is 0 Å². The van der Waals surface area contributed by atoms with Crippen molar-refractivity contribution < 1.29 is 9.59 Å². The van der Waals surface area contributed by atoms with Gasteiger partial charge in [-0.05, 0) is 31.4 Å². The Labute approximate surface area is 125 Å². The molecule has 0 N–H and O–H groups in total. The Kier molecular flexibility index (Phi) is 3.74.